The van der Waals surface area contributed by atoms with Gasteiger partial charge in [0.05, 0.1) is 18.4 Å². The molecule has 0 radical (unpaired) electrons. The highest BCUT2D eigenvalue weighted by atomic mass is 16.5. The van der Waals surface area contributed by atoms with Crippen LogP contribution in [0.3, 0.4) is 0 Å². The van der Waals surface area contributed by atoms with Gasteiger partial charge in [-0.3, -0.25) is 4.79 Å². The molecule has 0 aliphatic rings. The van der Waals surface area contributed by atoms with Crippen LogP contribution in [0.5, 0.6) is 0 Å². The molecule has 0 fully saturated rings. The minimum absolute atomic E-state index is 0.293. The van der Waals surface area contributed by atoms with E-state index in [0.717, 1.165) is 16.8 Å². The number of methoxy groups -OCH3 is 1. The molecule has 0 aliphatic heterocycles. The molecule has 1 aromatic heterocycles. The van der Waals surface area contributed by atoms with Crippen molar-refractivity contribution in [1.82, 2.24) is 4.98 Å². The molecule has 28 heavy (non-hydrogen) atoms. The maximum atomic E-state index is 12.7. The third kappa shape index (κ3) is 4.17. The van der Waals surface area contributed by atoms with E-state index < -0.39 is 5.97 Å². The topological polar surface area (TPSA) is 80.3 Å². The monoisotopic (exact) mass is 375 g/mol. The molecule has 142 valence electrons. The van der Waals surface area contributed by atoms with E-state index >= 15 is 0 Å². The van der Waals surface area contributed by atoms with Gasteiger partial charge in [0.25, 0.3) is 5.91 Å². The number of para-hydroxylation sites is 2. The predicted octanol–water partition coefficient (Wildman–Crippen LogP) is 4.48. The van der Waals surface area contributed by atoms with E-state index in [9.17, 15) is 9.59 Å². The summed E-state index contributed by atoms with van der Waals surface area (Å²) in [6.07, 6.45) is 1.57. The lowest BCUT2D eigenvalue weighted by Gasteiger charge is -2.13. The molecule has 6 nitrogen and oxygen atoms in total. The lowest BCUT2D eigenvalue weighted by Crippen LogP contribution is -2.15. The van der Waals surface area contributed by atoms with Crippen molar-refractivity contribution < 1.29 is 14.3 Å². The van der Waals surface area contributed by atoms with E-state index in [2.05, 4.69) is 15.6 Å². The SMILES string of the molecule is COC(=O)c1ccccc1NC(=O)c1ccnc(Nc2c(C)cccc2C)c1. The number of esters is 1. The summed E-state index contributed by atoms with van der Waals surface area (Å²) in [4.78, 5) is 28.9. The lowest BCUT2D eigenvalue weighted by molar-refractivity contribution is 0.0602. The number of ether oxygens (including phenoxy) is 1. The summed E-state index contributed by atoms with van der Waals surface area (Å²) in [7, 11) is 1.30. The Bertz CT molecular complexity index is 1010. The van der Waals surface area contributed by atoms with Crippen molar-refractivity contribution >= 4 is 29.1 Å². The number of amides is 1. The van der Waals surface area contributed by atoms with Crippen LogP contribution in [0.1, 0.15) is 31.8 Å². The Morgan fingerprint density at radius 1 is 0.964 bits per heavy atom. The highest BCUT2D eigenvalue weighted by Crippen LogP contribution is 2.24. The first kappa shape index (κ1) is 19.1. The number of aromatic nitrogens is 1. The number of benzene rings is 2. The largest absolute Gasteiger partial charge is 0.465 e. The molecule has 1 heterocycles. The molecule has 0 saturated carbocycles. The predicted molar refractivity (Wildman–Crippen MR) is 109 cm³/mol. The molecule has 0 spiro atoms. The minimum Gasteiger partial charge on any atom is -0.465 e. The number of hydrogen-bond donors (Lipinski definition) is 2. The van der Waals surface area contributed by atoms with Gasteiger partial charge in [0.15, 0.2) is 0 Å². The molecule has 0 bridgehead atoms. The summed E-state index contributed by atoms with van der Waals surface area (Å²) in [5.41, 5.74) is 4.24. The number of nitrogens with one attached hydrogen (secondary N) is 2. The van der Waals surface area contributed by atoms with Crippen LogP contribution in [-0.4, -0.2) is 24.0 Å². The molecule has 0 unspecified atom stereocenters. The molecule has 0 atom stereocenters. The third-order valence-corrected chi connectivity index (χ3v) is 4.34. The summed E-state index contributed by atoms with van der Waals surface area (Å²) >= 11 is 0. The summed E-state index contributed by atoms with van der Waals surface area (Å²) in [6, 6.07) is 16.0. The van der Waals surface area contributed by atoms with Gasteiger partial charge < -0.3 is 15.4 Å². The number of aryl methyl sites for hydroxylation is 2. The molecule has 2 N–H and O–H groups in total. The summed E-state index contributed by atoms with van der Waals surface area (Å²) in [5.74, 6) is -0.294. The first-order valence-corrected chi connectivity index (χ1v) is 8.77. The van der Waals surface area contributed by atoms with Crippen molar-refractivity contribution in [2.24, 2.45) is 0 Å². The van der Waals surface area contributed by atoms with Crippen LogP contribution in [0.25, 0.3) is 0 Å². The highest BCUT2D eigenvalue weighted by Gasteiger charge is 2.15. The minimum atomic E-state index is -0.511. The molecular weight excluding hydrogens is 354 g/mol. The maximum absolute atomic E-state index is 12.7. The van der Waals surface area contributed by atoms with Gasteiger partial charge in [0.2, 0.25) is 0 Å². The van der Waals surface area contributed by atoms with Crippen LogP contribution in [-0.2, 0) is 4.74 Å². The van der Waals surface area contributed by atoms with Gasteiger partial charge in [-0.05, 0) is 49.2 Å². The highest BCUT2D eigenvalue weighted by molar-refractivity contribution is 6.08. The van der Waals surface area contributed by atoms with Crippen LogP contribution in [0.4, 0.5) is 17.2 Å². The Labute approximate surface area is 163 Å². The maximum Gasteiger partial charge on any atom is 0.339 e. The molecular formula is C22H21N3O3. The Morgan fingerprint density at radius 3 is 2.39 bits per heavy atom. The van der Waals surface area contributed by atoms with E-state index in [1.807, 2.05) is 32.0 Å². The number of nitrogens with zero attached hydrogens (tertiary/aromatic N) is 1. The zero-order valence-electron chi connectivity index (χ0n) is 15.9. The van der Waals surface area contributed by atoms with Crippen molar-refractivity contribution in [2.75, 3.05) is 17.7 Å². The molecule has 6 heteroatoms. The van der Waals surface area contributed by atoms with Gasteiger partial charge in [0.1, 0.15) is 5.82 Å². The first-order chi connectivity index (χ1) is 13.5. The van der Waals surface area contributed by atoms with Crippen LogP contribution < -0.4 is 10.6 Å². The smallest absolute Gasteiger partial charge is 0.339 e. The van der Waals surface area contributed by atoms with E-state index in [1.54, 1.807) is 42.6 Å². The number of hydrogen-bond acceptors (Lipinski definition) is 5. The van der Waals surface area contributed by atoms with Crippen molar-refractivity contribution in [3.05, 3.63) is 83.0 Å². The van der Waals surface area contributed by atoms with E-state index in [-0.39, 0.29) is 5.91 Å². The zero-order valence-corrected chi connectivity index (χ0v) is 15.9. The fraction of sp³-hybridized carbons (Fsp3) is 0.136. The number of pyridine rings is 1. The molecule has 2 aromatic carbocycles. The number of carbonyl (C=O) groups excluding carboxylic acids is 2. The molecule has 3 aromatic rings. The van der Waals surface area contributed by atoms with Crippen LogP contribution in [0.15, 0.2) is 60.8 Å². The number of carbonyl (C=O) groups is 2. The average molecular weight is 375 g/mol. The molecule has 0 saturated heterocycles. The van der Waals surface area contributed by atoms with E-state index in [0.29, 0.717) is 22.6 Å². The lowest BCUT2D eigenvalue weighted by atomic mass is 10.1. The summed E-state index contributed by atoms with van der Waals surface area (Å²) < 4.78 is 4.76. The fourth-order valence-corrected chi connectivity index (χ4v) is 2.85. The Kier molecular flexibility index (Phi) is 5.69. The van der Waals surface area contributed by atoms with Crippen molar-refractivity contribution in [1.29, 1.82) is 0 Å². The van der Waals surface area contributed by atoms with Gasteiger partial charge in [-0.15, -0.1) is 0 Å². The third-order valence-electron chi connectivity index (χ3n) is 4.34. The van der Waals surface area contributed by atoms with Crippen LogP contribution in [0, 0.1) is 13.8 Å². The van der Waals surface area contributed by atoms with Gasteiger partial charge >= 0.3 is 5.97 Å². The van der Waals surface area contributed by atoms with E-state index in [1.165, 1.54) is 7.11 Å². The van der Waals surface area contributed by atoms with Gasteiger partial charge in [0, 0.05) is 17.4 Å². The average Bonchev–Trinajstić information content (AvgIpc) is 2.71. The standard InChI is InChI=1S/C22H21N3O3/c1-14-7-6-8-15(2)20(14)25-19-13-16(11-12-23-19)21(26)24-18-10-5-4-9-17(18)22(27)28-3/h4-13H,1-3H3,(H,23,25)(H,24,26). The quantitative estimate of drug-likeness (QED) is 0.643. The van der Waals surface area contributed by atoms with Crippen LogP contribution >= 0.6 is 0 Å². The molecule has 0 aliphatic carbocycles. The Balaban J connectivity index is 1.83. The Morgan fingerprint density at radius 2 is 1.68 bits per heavy atom. The number of anilines is 3. The van der Waals surface area contributed by atoms with Crippen molar-refractivity contribution in [2.45, 2.75) is 13.8 Å². The molecule has 1 amide bonds. The number of rotatable bonds is 5. The van der Waals surface area contributed by atoms with Gasteiger partial charge in [-0.2, -0.15) is 0 Å². The summed E-state index contributed by atoms with van der Waals surface area (Å²) in [6.45, 7) is 4.02. The normalized spacial score (nSPS) is 10.2. The van der Waals surface area contributed by atoms with Crippen LogP contribution in [0.2, 0.25) is 0 Å². The molecule has 3 rings (SSSR count). The second-order valence-corrected chi connectivity index (χ2v) is 6.31. The summed E-state index contributed by atoms with van der Waals surface area (Å²) in [5, 5.41) is 6.03. The zero-order chi connectivity index (χ0) is 20.1. The fourth-order valence-electron chi connectivity index (χ4n) is 2.85. The second-order valence-electron chi connectivity index (χ2n) is 6.31. The van der Waals surface area contributed by atoms with Gasteiger partial charge in [-0.25, -0.2) is 9.78 Å². The first-order valence-electron chi connectivity index (χ1n) is 8.77. The van der Waals surface area contributed by atoms with Crippen molar-refractivity contribution in [3.8, 4) is 0 Å². The second kappa shape index (κ2) is 8.35. The van der Waals surface area contributed by atoms with Crippen molar-refractivity contribution in [3.63, 3.8) is 0 Å². The van der Waals surface area contributed by atoms with Gasteiger partial charge in [-0.1, -0.05) is 30.3 Å². The van der Waals surface area contributed by atoms with E-state index in [4.69, 9.17) is 4.74 Å². The Hall–Kier alpha value is -3.67.